The van der Waals surface area contributed by atoms with Crippen molar-refractivity contribution >= 4 is 5.82 Å². The second-order valence-electron chi connectivity index (χ2n) is 7.11. The number of phenolic OH excluding ortho intramolecular Hbond substituents is 1. The highest BCUT2D eigenvalue weighted by atomic mass is 16.5. The fraction of sp³-hybridized carbons (Fsp3) is 0.474. The molecule has 6 heteroatoms. The molecule has 3 heterocycles. The van der Waals surface area contributed by atoms with Gasteiger partial charge in [0.05, 0.1) is 13.2 Å². The van der Waals surface area contributed by atoms with Gasteiger partial charge in [0.1, 0.15) is 11.4 Å². The number of rotatable bonds is 3. The number of ether oxygens (including phenoxy) is 1. The number of likely N-dealkylation sites (N-methyl/N-ethyl adjacent to an activating group) is 1. The summed E-state index contributed by atoms with van der Waals surface area (Å²) in [4.78, 5) is 2.34. The smallest absolute Gasteiger partial charge is 0.154 e. The molecule has 0 amide bonds. The Bertz CT molecular complexity index is 793. The number of likely N-dealkylation sites (tertiary alicyclic amines) is 1. The number of nitrogens with zero attached hydrogens (tertiary/aromatic N) is 3. The summed E-state index contributed by atoms with van der Waals surface area (Å²) in [5, 5.41) is 22.7. The van der Waals surface area contributed by atoms with Crippen LogP contribution < -0.4 is 5.32 Å². The molecule has 1 fully saturated rings. The number of aromatic hydroxyl groups is 1. The number of piperidine rings is 1. The zero-order valence-corrected chi connectivity index (χ0v) is 14.7. The fourth-order valence-corrected chi connectivity index (χ4v) is 3.72. The predicted molar refractivity (Wildman–Crippen MR) is 96.5 cm³/mol. The highest BCUT2D eigenvalue weighted by Crippen LogP contribution is 2.37. The molecule has 0 spiro atoms. The third-order valence-electron chi connectivity index (χ3n) is 5.05. The first-order valence-electron chi connectivity index (χ1n) is 8.83. The number of phenols is 1. The average Bonchev–Trinajstić information content (AvgIpc) is 3.06. The molecular weight excluding hydrogens is 316 g/mol. The van der Waals surface area contributed by atoms with Crippen molar-refractivity contribution in [2.45, 2.75) is 39.0 Å². The van der Waals surface area contributed by atoms with Gasteiger partial charge in [-0.15, -0.1) is 10.2 Å². The quantitative estimate of drug-likeness (QED) is 0.895. The van der Waals surface area contributed by atoms with Gasteiger partial charge in [0.25, 0.3) is 0 Å². The molecule has 2 aliphatic rings. The third-order valence-corrected chi connectivity index (χ3v) is 5.05. The summed E-state index contributed by atoms with van der Waals surface area (Å²) in [5.74, 6) is 1.06. The molecule has 0 aliphatic carbocycles. The van der Waals surface area contributed by atoms with Crippen LogP contribution in [-0.2, 0) is 18.0 Å². The molecular formula is C19H24N4O2. The van der Waals surface area contributed by atoms with Crippen molar-refractivity contribution < 1.29 is 9.84 Å². The van der Waals surface area contributed by atoms with Gasteiger partial charge >= 0.3 is 0 Å². The first-order chi connectivity index (χ1) is 12.1. The second-order valence-corrected chi connectivity index (χ2v) is 7.11. The number of hydrogen-bond acceptors (Lipinski definition) is 6. The maximum atomic E-state index is 10.3. The van der Waals surface area contributed by atoms with Crippen LogP contribution in [0.5, 0.6) is 5.75 Å². The maximum Gasteiger partial charge on any atom is 0.154 e. The summed E-state index contributed by atoms with van der Waals surface area (Å²) in [6.45, 7) is 5.16. The molecule has 0 unspecified atom stereocenters. The van der Waals surface area contributed by atoms with E-state index in [0.717, 1.165) is 47.7 Å². The Labute approximate surface area is 147 Å². The van der Waals surface area contributed by atoms with Gasteiger partial charge in [0, 0.05) is 29.3 Å². The van der Waals surface area contributed by atoms with E-state index in [1.54, 1.807) is 6.07 Å². The molecule has 4 rings (SSSR count). The summed E-state index contributed by atoms with van der Waals surface area (Å²) in [7, 11) is 2.15. The first kappa shape index (κ1) is 16.3. The second kappa shape index (κ2) is 6.61. The summed E-state index contributed by atoms with van der Waals surface area (Å²) in [6, 6.07) is 6.01. The molecule has 0 radical (unpaired) electrons. The van der Waals surface area contributed by atoms with Crippen LogP contribution in [0.25, 0.3) is 11.3 Å². The number of aromatic nitrogens is 2. The van der Waals surface area contributed by atoms with Crippen molar-refractivity contribution in [2.24, 2.45) is 0 Å². The first-order valence-corrected chi connectivity index (χ1v) is 8.83. The molecule has 1 saturated heterocycles. The minimum Gasteiger partial charge on any atom is -0.507 e. The number of fused-ring (bicyclic) bond motifs is 1. The van der Waals surface area contributed by atoms with Crippen LogP contribution in [0.1, 0.15) is 29.5 Å². The van der Waals surface area contributed by atoms with Crippen LogP contribution in [-0.4, -0.2) is 46.4 Å². The van der Waals surface area contributed by atoms with E-state index in [0.29, 0.717) is 24.8 Å². The Hall–Kier alpha value is -2.18. The van der Waals surface area contributed by atoms with Crippen LogP contribution in [0.15, 0.2) is 18.2 Å². The molecule has 6 nitrogen and oxygen atoms in total. The van der Waals surface area contributed by atoms with Crippen molar-refractivity contribution in [1.82, 2.24) is 15.1 Å². The van der Waals surface area contributed by atoms with Gasteiger partial charge in [-0.2, -0.15) is 0 Å². The van der Waals surface area contributed by atoms with Crippen molar-refractivity contribution in [3.8, 4) is 17.0 Å². The van der Waals surface area contributed by atoms with Crippen LogP contribution >= 0.6 is 0 Å². The lowest BCUT2D eigenvalue weighted by molar-refractivity contribution is 0.134. The predicted octanol–water partition coefficient (Wildman–Crippen LogP) is 2.69. The Balaban J connectivity index is 1.67. The van der Waals surface area contributed by atoms with Gasteiger partial charge in [-0.1, -0.05) is 6.07 Å². The number of benzene rings is 1. The van der Waals surface area contributed by atoms with Crippen molar-refractivity contribution in [1.29, 1.82) is 0 Å². The Kier molecular flexibility index (Phi) is 4.31. The SMILES string of the molecule is Cc1ccc(-c2nnc(N[C@@H]3CCCN(C)C3)c3c2COC3)c(O)c1. The molecule has 132 valence electrons. The van der Waals surface area contributed by atoms with Crippen LogP contribution in [0.3, 0.4) is 0 Å². The van der Waals surface area contributed by atoms with E-state index in [4.69, 9.17) is 4.74 Å². The molecule has 0 saturated carbocycles. The topological polar surface area (TPSA) is 70.5 Å². The molecule has 1 atom stereocenters. The molecule has 0 bridgehead atoms. The number of nitrogens with one attached hydrogen (secondary N) is 1. The summed E-state index contributed by atoms with van der Waals surface area (Å²) >= 11 is 0. The van der Waals surface area contributed by atoms with Gasteiger partial charge in [0.2, 0.25) is 0 Å². The summed E-state index contributed by atoms with van der Waals surface area (Å²) in [6.07, 6.45) is 2.33. The highest BCUT2D eigenvalue weighted by molar-refractivity contribution is 5.72. The van der Waals surface area contributed by atoms with Gasteiger partial charge in [-0.3, -0.25) is 0 Å². The van der Waals surface area contributed by atoms with Gasteiger partial charge in [0.15, 0.2) is 5.82 Å². The Morgan fingerprint density at radius 2 is 2.08 bits per heavy atom. The van der Waals surface area contributed by atoms with Gasteiger partial charge in [-0.25, -0.2) is 0 Å². The van der Waals surface area contributed by atoms with E-state index in [2.05, 4.69) is 27.5 Å². The maximum absolute atomic E-state index is 10.3. The lowest BCUT2D eigenvalue weighted by atomic mass is 10.0. The molecule has 2 aromatic rings. The minimum atomic E-state index is 0.234. The lowest BCUT2D eigenvalue weighted by Crippen LogP contribution is -2.40. The largest absolute Gasteiger partial charge is 0.507 e. The number of aryl methyl sites for hydroxylation is 1. The zero-order valence-electron chi connectivity index (χ0n) is 14.7. The Morgan fingerprint density at radius 3 is 2.88 bits per heavy atom. The summed E-state index contributed by atoms with van der Waals surface area (Å²) in [5.41, 5.74) is 4.54. The van der Waals surface area contributed by atoms with Crippen LogP contribution in [0.2, 0.25) is 0 Å². The van der Waals surface area contributed by atoms with E-state index >= 15 is 0 Å². The minimum absolute atomic E-state index is 0.234. The van der Waals surface area contributed by atoms with Crippen molar-refractivity contribution in [2.75, 3.05) is 25.5 Å². The average molecular weight is 340 g/mol. The van der Waals surface area contributed by atoms with E-state index < -0.39 is 0 Å². The Morgan fingerprint density at radius 1 is 1.24 bits per heavy atom. The standard InChI is InChI=1S/C19H24N4O2/c1-12-5-6-14(17(24)8-12)18-15-10-25-11-16(15)19(22-21-18)20-13-4-3-7-23(2)9-13/h5-6,8,13,24H,3-4,7,9-11H2,1-2H3,(H,20,22)/t13-/m1/s1. The fourth-order valence-electron chi connectivity index (χ4n) is 3.72. The molecule has 1 aromatic carbocycles. The third kappa shape index (κ3) is 3.19. The van der Waals surface area contributed by atoms with Crippen LogP contribution in [0, 0.1) is 6.92 Å². The number of anilines is 1. The van der Waals surface area contributed by atoms with E-state index in [-0.39, 0.29) is 5.75 Å². The summed E-state index contributed by atoms with van der Waals surface area (Å²) < 4.78 is 5.68. The van der Waals surface area contributed by atoms with Crippen molar-refractivity contribution in [3.63, 3.8) is 0 Å². The molecule has 25 heavy (non-hydrogen) atoms. The lowest BCUT2D eigenvalue weighted by Gasteiger charge is -2.30. The monoisotopic (exact) mass is 340 g/mol. The van der Waals surface area contributed by atoms with Gasteiger partial charge in [-0.05, 0) is 51.1 Å². The van der Waals surface area contributed by atoms with E-state index in [9.17, 15) is 5.11 Å². The molecule has 2 N–H and O–H groups in total. The molecule has 1 aromatic heterocycles. The molecule has 2 aliphatic heterocycles. The van der Waals surface area contributed by atoms with E-state index in [1.807, 2.05) is 19.1 Å². The normalized spacial score (nSPS) is 20.5. The van der Waals surface area contributed by atoms with Crippen LogP contribution in [0.4, 0.5) is 5.82 Å². The van der Waals surface area contributed by atoms with Crippen molar-refractivity contribution in [3.05, 3.63) is 34.9 Å². The highest BCUT2D eigenvalue weighted by Gasteiger charge is 2.26. The van der Waals surface area contributed by atoms with E-state index in [1.165, 1.54) is 6.42 Å². The zero-order chi connectivity index (χ0) is 17.4. The number of hydrogen-bond donors (Lipinski definition) is 2. The van der Waals surface area contributed by atoms with Gasteiger partial charge < -0.3 is 20.1 Å².